The Balaban J connectivity index is 1.37. The summed E-state index contributed by atoms with van der Waals surface area (Å²) in [6.45, 7) is 1.89. The number of anilines is 1. The number of aromatic nitrogens is 2. The molecule has 2 unspecified atom stereocenters. The number of carbonyl (C=O) groups excluding carboxylic acids is 2. The summed E-state index contributed by atoms with van der Waals surface area (Å²) >= 11 is 0. The highest BCUT2D eigenvalue weighted by molar-refractivity contribution is 6.25. The van der Waals surface area contributed by atoms with Crippen LogP contribution in [-0.2, 0) is 16.1 Å². The highest BCUT2D eigenvalue weighted by atomic mass is 19.2. The van der Waals surface area contributed by atoms with Crippen LogP contribution in [-0.4, -0.2) is 39.0 Å². The normalized spacial score (nSPS) is 20.1. The van der Waals surface area contributed by atoms with E-state index in [9.17, 15) is 18.4 Å². The van der Waals surface area contributed by atoms with Gasteiger partial charge in [-0.25, -0.2) is 13.7 Å². The Morgan fingerprint density at radius 2 is 1.90 bits per heavy atom. The molecule has 9 nitrogen and oxygen atoms in total. The number of hydrogen-bond acceptors (Lipinski definition) is 8. The fraction of sp³-hybridized carbons (Fsp3) is 0.200. The Labute approximate surface area is 173 Å². The molecule has 2 aliphatic heterocycles. The zero-order chi connectivity index (χ0) is 21.7. The van der Waals surface area contributed by atoms with E-state index in [2.05, 4.69) is 20.5 Å². The van der Waals surface area contributed by atoms with E-state index in [-0.39, 0.29) is 18.1 Å². The average Bonchev–Trinajstić information content (AvgIpc) is 3.43. The number of amides is 2. The number of rotatable bonds is 4. The SMILES string of the molecule is Cc1cccc(-c2noc(CN3N=NC4C(=O)N(c5ccc(F)c(F)c5)C(=O)C43)n2)c1. The molecule has 31 heavy (non-hydrogen) atoms. The number of fused-ring (bicyclic) bond motifs is 1. The van der Waals surface area contributed by atoms with Gasteiger partial charge in [-0.3, -0.25) is 14.6 Å². The van der Waals surface area contributed by atoms with Crippen molar-refractivity contribution in [3.8, 4) is 11.4 Å². The molecule has 0 N–H and O–H groups in total. The molecular weight excluding hydrogens is 410 g/mol. The van der Waals surface area contributed by atoms with Crippen LogP contribution in [0.5, 0.6) is 0 Å². The van der Waals surface area contributed by atoms with Crippen LogP contribution in [0.1, 0.15) is 11.5 Å². The van der Waals surface area contributed by atoms with Crippen molar-refractivity contribution in [1.29, 1.82) is 0 Å². The molecule has 3 aromatic rings. The van der Waals surface area contributed by atoms with E-state index in [1.54, 1.807) is 0 Å². The maximum Gasteiger partial charge on any atom is 0.263 e. The van der Waals surface area contributed by atoms with E-state index in [0.717, 1.165) is 34.2 Å². The summed E-state index contributed by atoms with van der Waals surface area (Å²) < 4.78 is 32.1. The van der Waals surface area contributed by atoms with Gasteiger partial charge in [0.15, 0.2) is 23.7 Å². The van der Waals surface area contributed by atoms with Gasteiger partial charge in [0.1, 0.15) is 6.54 Å². The van der Waals surface area contributed by atoms with Gasteiger partial charge in [0.05, 0.1) is 5.69 Å². The maximum atomic E-state index is 13.6. The first-order valence-corrected chi connectivity index (χ1v) is 9.32. The van der Waals surface area contributed by atoms with Crippen molar-refractivity contribution in [2.24, 2.45) is 10.3 Å². The fourth-order valence-electron chi connectivity index (χ4n) is 3.59. The Morgan fingerprint density at radius 3 is 2.68 bits per heavy atom. The number of carbonyl (C=O) groups is 2. The molecule has 1 aromatic heterocycles. The van der Waals surface area contributed by atoms with Gasteiger partial charge in [-0.15, -0.1) is 0 Å². The average molecular weight is 424 g/mol. The van der Waals surface area contributed by atoms with Crippen LogP contribution in [0.3, 0.4) is 0 Å². The summed E-state index contributed by atoms with van der Waals surface area (Å²) in [5.74, 6) is -3.00. The van der Waals surface area contributed by atoms with Gasteiger partial charge in [-0.2, -0.15) is 10.1 Å². The Kier molecular flexibility index (Phi) is 4.31. The molecule has 3 heterocycles. The van der Waals surface area contributed by atoms with Crippen molar-refractivity contribution in [2.75, 3.05) is 4.90 Å². The molecule has 156 valence electrons. The molecule has 1 saturated heterocycles. The van der Waals surface area contributed by atoms with Crippen molar-refractivity contribution in [1.82, 2.24) is 15.1 Å². The van der Waals surface area contributed by atoms with Crippen molar-refractivity contribution >= 4 is 17.5 Å². The van der Waals surface area contributed by atoms with Crippen LogP contribution in [0.15, 0.2) is 57.3 Å². The first-order valence-electron chi connectivity index (χ1n) is 9.32. The van der Waals surface area contributed by atoms with E-state index in [1.165, 1.54) is 5.01 Å². The Hall–Kier alpha value is -4.02. The number of nitrogens with zero attached hydrogens (tertiary/aromatic N) is 6. The van der Waals surface area contributed by atoms with Gasteiger partial charge in [0.25, 0.3) is 11.8 Å². The second kappa shape index (κ2) is 7.04. The van der Waals surface area contributed by atoms with Gasteiger partial charge in [0, 0.05) is 11.6 Å². The van der Waals surface area contributed by atoms with Crippen LogP contribution in [0, 0.1) is 18.6 Å². The van der Waals surface area contributed by atoms with Crippen molar-refractivity contribution in [2.45, 2.75) is 25.6 Å². The van der Waals surface area contributed by atoms with Gasteiger partial charge in [0.2, 0.25) is 11.7 Å². The smallest absolute Gasteiger partial charge is 0.263 e. The maximum absolute atomic E-state index is 13.6. The van der Waals surface area contributed by atoms with Gasteiger partial charge in [-0.1, -0.05) is 34.1 Å². The third kappa shape index (κ3) is 3.14. The third-order valence-electron chi connectivity index (χ3n) is 5.06. The summed E-state index contributed by atoms with van der Waals surface area (Å²) in [5, 5.41) is 13.0. The number of aryl methyl sites for hydroxylation is 1. The lowest BCUT2D eigenvalue weighted by Gasteiger charge is -2.19. The minimum absolute atomic E-state index is 0.0475. The second-order valence-corrected chi connectivity index (χ2v) is 7.18. The van der Waals surface area contributed by atoms with E-state index in [0.29, 0.717) is 5.82 Å². The van der Waals surface area contributed by atoms with Crippen molar-refractivity contribution < 1.29 is 22.9 Å². The number of halogens is 2. The molecule has 2 amide bonds. The van der Waals surface area contributed by atoms with E-state index in [4.69, 9.17) is 4.52 Å². The first kappa shape index (κ1) is 19.0. The summed E-state index contributed by atoms with van der Waals surface area (Å²) in [6.07, 6.45) is 0. The third-order valence-corrected chi connectivity index (χ3v) is 5.06. The van der Waals surface area contributed by atoms with Crippen LogP contribution >= 0.6 is 0 Å². The largest absolute Gasteiger partial charge is 0.337 e. The predicted molar refractivity (Wildman–Crippen MR) is 101 cm³/mol. The lowest BCUT2D eigenvalue weighted by molar-refractivity contribution is -0.123. The molecule has 2 atom stereocenters. The highest BCUT2D eigenvalue weighted by Gasteiger charge is 2.55. The number of imide groups is 1. The minimum atomic E-state index is -1.16. The van der Waals surface area contributed by atoms with Crippen LogP contribution < -0.4 is 4.90 Å². The molecule has 2 aromatic carbocycles. The topological polar surface area (TPSA) is 104 Å². The standard InChI is InChI=1S/C20H14F2N6O3/c1-10-3-2-4-11(7-10)18-23-15(31-25-18)9-27-17-16(24-26-27)19(29)28(20(17)30)12-5-6-13(21)14(22)8-12/h2-8,16-17H,9H2,1H3. The van der Waals surface area contributed by atoms with E-state index < -0.39 is 35.5 Å². The van der Waals surface area contributed by atoms with E-state index >= 15 is 0 Å². The lowest BCUT2D eigenvalue weighted by Crippen LogP contribution is -2.39. The fourth-order valence-corrected chi connectivity index (χ4v) is 3.59. The van der Waals surface area contributed by atoms with Gasteiger partial charge < -0.3 is 4.52 Å². The molecule has 0 aliphatic carbocycles. The minimum Gasteiger partial charge on any atom is -0.337 e. The predicted octanol–water partition coefficient (Wildman–Crippen LogP) is 2.82. The number of hydrogen-bond donors (Lipinski definition) is 0. The number of benzene rings is 2. The molecule has 0 radical (unpaired) electrons. The van der Waals surface area contributed by atoms with Crippen LogP contribution in [0.2, 0.25) is 0 Å². The Morgan fingerprint density at radius 1 is 1.06 bits per heavy atom. The molecule has 0 saturated carbocycles. The molecule has 2 aliphatic rings. The summed E-state index contributed by atoms with van der Waals surface area (Å²) in [6, 6.07) is 8.24. The zero-order valence-corrected chi connectivity index (χ0v) is 16.1. The van der Waals surface area contributed by atoms with Gasteiger partial charge >= 0.3 is 0 Å². The molecule has 0 spiro atoms. The molecule has 11 heteroatoms. The van der Waals surface area contributed by atoms with E-state index in [1.807, 2.05) is 31.2 Å². The lowest BCUT2D eigenvalue weighted by atomic mass is 10.1. The van der Waals surface area contributed by atoms with Crippen molar-refractivity contribution in [3.05, 3.63) is 65.6 Å². The highest BCUT2D eigenvalue weighted by Crippen LogP contribution is 2.33. The Bertz CT molecular complexity index is 1240. The first-order chi connectivity index (χ1) is 14.9. The summed E-state index contributed by atoms with van der Waals surface area (Å²) in [4.78, 5) is 30.7. The van der Waals surface area contributed by atoms with Crippen LogP contribution in [0.25, 0.3) is 11.4 Å². The van der Waals surface area contributed by atoms with Gasteiger partial charge in [-0.05, 0) is 25.1 Å². The van der Waals surface area contributed by atoms with Crippen molar-refractivity contribution in [3.63, 3.8) is 0 Å². The molecule has 5 rings (SSSR count). The molecule has 0 bridgehead atoms. The summed E-state index contributed by atoms with van der Waals surface area (Å²) in [7, 11) is 0. The molecular formula is C20H14F2N6O3. The monoisotopic (exact) mass is 424 g/mol. The quantitative estimate of drug-likeness (QED) is 0.597. The second-order valence-electron chi connectivity index (χ2n) is 7.18. The zero-order valence-electron chi connectivity index (χ0n) is 16.1. The summed E-state index contributed by atoms with van der Waals surface area (Å²) in [5.41, 5.74) is 1.73. The van der Waals surface area contributed by atoms with Crippen LogP contribution in [0.4, 0.5) is 14.5 Å². The molecule has 1 fully saturated rings.